The van der Waals surface area contributed by atoms with Crippen molar-refractivity contribution in [2.24, 2.45) is 23.7 Å². The average Bonchev–Trinajstić information content (AvgIpc) is 2.72. The molecule has 2 saturated carbocycles. The highest BCUT2D eigenvalue weighted by Gasteiger charge is 2.39. The van der Waals surface area contributed by atoms with Gasteiger partial charge in [-0.15, -0.1) is 0 Å². The van der Waals surface area contributed by atoms with Gasteiger partial charge in [0.05, 0.1) is 11.8 Å². The number of fused-ring (bicyclic) bond motifs is 1. The first-order chi connectivity index (χ1) is 14.0. The largest absolute Gasteiger partial charge is 0.462 e. The zero-order valence-electron chi connectivity index (χ0n) is 19.1. The Balaban J connectivity index is 0.000000314. The third-order valence-corrected chi connectivity index (χ3v) is 6.56. The predicted molar refractivity (Wildman–Crippen MR) is 110 cm³/mol. The molecule has 2 aliphatic carbocycles. The Bertz CT molecular complexity index is 533. The van der Waals surface area contributed by atoms with Gasteiger partial charge in [-0.3, -0.25) is 9.59 Å². The summed E-state index contributed by atoms with van der Waals surface area (Å²) in [7, 11) is 0. The lowest BCUT2D eigenvalue weighted by Gasteiger charge is -2.41. The minimum absolute atomic E-state index is 0.0312. The van der Waals surface area contributed by atoms with E-state index in [2.05, 4.69) is 11.7 Å². The second-order valence-corrected chi connectivity index (χ2v) is 8.85. The molecule has 176 valence electrons. The topological polar surface area (TPSA) is 52.6 Å². The molecule has 4 nitrogen and oxygen atoms in total. The minimum atomic E-state index is -4.47. The number of carbonyl (C=O) groups excluding carboxylic acids is 2. The highest BCUT2D eigenvalue weighted by atomic mass is 19.4. The van der Waals surface area contributed by atoms with E-state index in [1.54, 1.807) is 6.92 Å². The summed E-state index contributed by atoms with van der Waals surface area (Å²) >= 11 is 0. The van der Waals surface area contributed by atoms with Crippen LogP contribution in [-0.2, 0) is 19.1 Å². The summed E-state index contributed by atoms with van der Waals surface area (Å²) in [6.07, 6.45) is 4.18. The molecule has 6 unspecified atom stereocenters. The number of halogens is 3. The van der Waals surface area contributed by atoms with Crippen molar-refractivity contribution in [3.8, 4) is 0 Å². The Morgan fingerprint density at radius 2 is 1.40 bits per heavy atom. The van der Waals surface area contributed by atoms with Crippen LogP contribution in [0.5, 0.6) is 0 Å². The molecule has 2 aliphatic rings. The number of rotatable bonds is 6. The van der Waals surface area contributed by atoms with Crippen molar-refractivity contribution in [2.75, 3.05) is 0 Å². The van der Waals surface area contributed by atoms with Gasteiger partial charge in [0, 0.05) is 0 Å². The molecule has 0 bridgehead atoms. The van der Waals surface area contributed by atoms with Crippen LogP contribution in [0.15, 0.2) is 0 Å². The second kappa shape index (κ2) is 12.6. The summed E-state index contributed by atoms with van der Waals surface area (Å²) in [4.78, 5) is 22.8. The monoisotopic (exact) mass is 436 g/mol. The van der Waals surface area contributed by atoms with Crippen LogP contribution in [0.1, 0.15) is 92.4 Å². The number of hydrogen-bond acceptors (Lipinski definition) is 4. The molecule has 0 spiro atoms. The molecule has 0 N–H and O–H groups in total. The fraction of sp³-hybridized carbons (Fsp3) is 0.913. The number of alkyl halides is 3. The molecule has 2 fully saturated rings. The smallest absolute Gasteiger partial charge is 0.425 e. The Morgan fingerprint density at radius 3 is 1.97 bits per heavy atom. The molecule has 0 heterocycles. The molecule has 0 aromatic rings. The van der Waals surface area contributed by atoms with Gasteiger partial charge in [-0.25, -0.2) is 0 Å². The first-order valence-electron chi connectivity index (χ1n) is 11.5. The number of carbonyl (C=O) groups is 2. The summed E-state index contributed by atoms with van der Waals surface area (Å²) in [5.74, 6) is 0.331. The summed E-state index contributed by atoms with van der Waals surface area (Å²) in [5, 5.41) is 0. The van der Waals surface area contributed by atoms with Gasteiger partial charge in [-0.05, 0) is 57.3 Å². The third-order valence-electron chi connectivity index (χ3n) is 6.56. The molecule has 6 atom stereocenters. The van der Waals surface area contributed by atoms with E-state index in [4.69, 9.17) is 4.74 Å². The number of hydrogen-bond donors (Lipinski definition) is 0. The van der Waals surface area contributed by atoms with Crippen molar-refractivity contribution >= 4 is 11.9 Å². The van der Waals surface area contributed by atoms with Crippen LogP contribution in [0.2, 0.25) is 0 Å². The van der Waals surface area contributed by atoms with E-state index in [1.807, 2.05) is 6.92 Å². The maximum absolute atomic E-state index is 11.9. The van der Waals surface area contributed by atoms with Crippen molar-refractivity contribution in [3.05, 3.63) is 0 Å². The lowest BCUT2D eigenvalue weighted by molar-refractivity contribution is -0.218. The Morgan fingerprint density at radius 1 is 0.867 bits per heavy atom. The molecular weight excluding hydrogens is 397 g/mol. The lowest BCUT2D eigenvalue weighted by Crippen LogP contribution is -2.38. The van der Waals surface area contributed by atoms with Crippen molar-refractivity contribution in [2.45, 2.75) is 111 Å². The van der Waals surface area contributed by atoms with Gasteiger partial charge in [0.1, 0.15) is 6.10 Å². The highest BCUT2D eigenvalue weighted by molar-refractivity contribution is 5.72. The molecule has 7 heteroatoms. The van der Waals surface area contributed by atoms with Gasteiger partial charge in [0.2, 0.25) is 0 Å². The lowest BCUT2D eigenvalue weighted by atomic mass is 9.69. The van der Waals surface area contributed by atoms with Crippen LogP contribution >= 0.6 is 0 Å². The summed E-state index contributed by atoms with van der Waals surface area (Å²) < 4.78 is 45.7. The van der Waals surface area contributed by atoms with E-state index in [9.17, 15) is 22.8 Å². The Labute approximate surface area is 179 Å². The fourth-order valence-corrected chi connectivity index (χ4v) is 3.98. The normalized spacial score (nSPS) is 26.9. The van der Waals surface area contributed by atoms with Crippen molar-refractivity contribution in [3.63, 3.8) is 0 Å². The van der Waals surface area contributed by atoms with E-state index < -0.39 is 24.2 Å². The van der Waals surface area contributed by atoms with Gasteiger partial charge in [-0.2, -0.15) is 13.2 Å². The fourth-order valence-electron chi connectivity index (χ4n) is 3.98. The van der Waals surface area contributed by atoms with E-state index in [-0.39, 0.29) is 18.0 Å². The van der Waals surface area contributed by atoms with Crippen molar-refractivity contribution < 1.29 is 32.2 Å². The van der Waals surface area contributed by atoms with E-state index in [0.717, 1.165) is 25.7 Å². The molecule has 0 amide bonds. The van der Waals surface area contributed by atoms with Crippen LogP contribution in [0.4, 0.5) is 13.2 Å². The van der Waals surface area contributed by atoms with E-state index >= 15 is 0 Å². The average molecular weight is 437 g/mol. The Kier molecular flexibility index (Phi) is 11.2. The van der Waals surface area contributed by atoms with Gasteiger partial charge in [0.15, 0.2) is 6.10 Å². The maximum atomic E-state index is 11.9. The zero-order valence-corrected chi connectivity index (χ0v) is 19.1. The molecule has 0 saturated heterocycles. The molecule has 0 aromatic heterocycles. The first kappa shape index (κ1) is 26.8. The molecule has 30 heavy (non-hydrogen) atoms. The highest BCUT2D eigenvalue weighted by Crippen LogP contribution is 2.42. The molecular formula is C23H39F3O4. The van der Waals surface area contributed by atoms with Crippen LogP contribution in [0.3, 0.4) is 0 Å². The quantitative estimate of drug-likeness (QED) is 0.448. The van der Waals surface area contributed by atoms with E-state index in [1.165, 1.54) is 45.4 Å². The van der Waals surface area contributed by atoms with Gasteiger partial charge >= 0.3 is 18.1 Å². The van der Waals surface area contributed by atoms with Gasteiger partial charge in [0.25, 0.3) is 0 Å². The molecule has 0 aromatic carbocycles. The standard InChI is InChI=1S/C15H26O2.C8H13F3O2/c1-3-11(2)15(16)17-14-10-6-8-12-7-4-5-9-13(12)14;1-4-5(2)7(12)13-6(3)8(9,10)11/h11-14H,3-10H2,1-2H3;5-6H,4H2,1-3H3. The Hall–Kier alpha value is -1.27. The predicted octanol–water partition coefficient (Wildman–Crippen LogP) is 6.46. The summed E-state index contributed by atoms with van der Waals surface area (Å²) in [6, 6.07) is 0. The third kappa shape index (κ3) is 8.46. The van der Waals surface area contributed by atoms with Crippen molar-refractivity contribution in [1.82, 2.24) is 0 Å². The minimum Gasteiger partial charge on any atom is -0.462 e. The van der Waals surface area contributed by atoms with Gasteiger partial charge < -0.3 is 9.47 Å². The van der Waals surface area contributed by atoms with Crippen molar-refractivity contribution in [1.29, 1.82) is 0 Å². The number of esters is 2. The molecule has 0 radical (unpaired) electrons. The first-order valence-corrected chi connectivity index (χ1v) is 11.5. The van der Waals surface area contributed by atoms with Crippen LogP contribution in [-0.4, -0.2) is 30.3 Å². The van der Waals surface area contributed by atoms with Gasteiger partial charge in [-0.1, -0.05) is 47.0 Å². The van der Waals surface area contributed by atoms with Crippen LogP contribution < -0.4 is 0 Å². The summed E-state index contributed by atoms with van der Waals surface area (Å²) in [5.41, 5.74) is 0. The number of ether oxygens (including phenoxy) is 2. The molecule has 2 rings (SSSR count). The van der Waals surface area contributed by atoms with Crippen LogP contribution in [0.25, 0.3) is 0 Å². The molecule has 0 aliphatic heterocycles. The summed E-state index contributed by atoms with van der Waals surface area (Å²) in [6.45, 7) is 8.09. The maximum Gasteiger partial charge on any atom is 0.425 e. The van der Waals surface area contributed by atoms with Crippen LogP contribution in [0, 0.1) is 23.7 Å². The SMILES string of the molecule is CCC(C)C(=O)OC(C)C(F)(F)F.CCC(C)C(=O)OC1CCCC2CCCCC21. The zero-order chi connectivity index (χ0) is 22.9. The second-order valence-electron chi connectivity index (χ2n) is 8.85. The van der Waals surface area contributed by atoms with E-state index in [0.29, 0.717) is 12.3 Å².